The molecule has 0 aliphatic rings. The zero-order valence-electron chi connectivity index (χ0n) is 14.6. The minimum atomic E-state index is -0.533. The normalized spacial score (nSPS) is 10.6. The molecule has 138 valence electrons. The van der Waals surface area contributed by atoms with Gasteiger partial charge >= 0.3 is 0 Å². The van der Waals surface area contributed by atoms with Gasteiger partial charge in [-0.25, -0.2) is 5.43 Å². The van der Waals surface area contributed by atoms with E-state index in [2.05, 4.69) is 33.1 Å². The number of hydrogen-bond donors (Lipinski definition) is 2. The van der Waals surface area contributed by atoms with E-state index >= 15 is 0 Å². The molecule has 2 rings (SSSR count). The maximum Gasteiger partial charge on any atom is 0.275 e. The number of phenolic OH excluding ortho intramolecular Hbond substituents is 1. The van der Waals surface area contributed by atoms with E-state index in [-0.39, 0.29) is 11.3 Å². The summed E-state index contributed by atoms with van der Waals surface area (Å²) in [5, 5.41) is 13.8. The average molecular weight is 470 g/mol. The number of methoxy groups -OCH3 is 2. The first-order valence-corrected chi connectivity index (χ1v) is 8.78. The first kappa shape index (κ1) is 19.8. The number of hydrogen-bond acceptors (Lipinski definition) is 6. The number of carbonyl (C=O) groups excluding carboxylic acids is 1. The second kappa shape index (κ2) is 9.27. The molecule has 1 amide bonds. The minimum absolute atomic E-state index is 0.0989. The Bertz CT molecular complexity index is 823. The van der Waals surface area contributed by atoms with Gasteiger partial charge in [0, 0.05) is 6.07 Å². The molecule has 0 saturated heterocycles. The van der Waals surface area contributed by atoms with Gasteiger partial charge in [-0.1, -0.05) is 0 Å². The smallest absolute Gasteiger partial charge is 0.275 e. The SMILES string of the molecule is CCOc1c(I)cc(/C=N\NC(=O)c2ccc(OC)cc2O)cc1OC. The van der Waals surface area contributed by atoms with E-state index in [1.807, 2.05) is 13.0 Å². The second-order valence-corrected chi connectivity index (χ2v) is 6.21. The lowest BCUT2D eigenvalue weighted by Crippen LogP contribution is -2.17. The highest BCUT2D eigenvalue weighted by atomic mass is 127. The zero-order valence-corrected chi connectivity index (χ0v) is 16.7. The summed E-state index contributed by atoms with van der Waals surface area (Å²) in [7, 11) is 3.04. The van der Waals surface area contributed by atoms with Crippen molar-refractivity contribution >= 4 is 34.7 Å². The number of phenols is 1. The van der Waals surface area contributed by atoms with Crippen molar-refractivity contribution in [3.05, 3.63) is 45.0 Å². The molecule has 26 heavy (non-hydrogen) atoms. The van der Waals surface area contributed by atoms with Gasteiger partial charge in [-0.15, -0.1) is 0 Å². The van der Waals surface area contributed by atoms with Gasteiger partial charge in [0.2, 0.25) is 0 Å². The van der Waals surface area contributed by atoms with Crippen LogP contribution in [0.25, 0.3) is 0 Å². The van der Waals surface area contributed by atoms with Crippen LogP contribution >= 0.6 is 22.6 Å². The molecule has 0 heterocycles. The standard InChI is InChI=1S/C18H19IN2O5/c1-4-26-17-14(19)7-11(8-16(17)25-3)10-20-21-18(23)13-6-5-12(24-2)9-15(13)22/h5-10,22H,4H2,1-3H3,(H,21,23)/b20-10-. The number of ether oxygens (including phenoxy) is 3. The summed E-state index contributed by atoms with van der Waals surface area (Å²) in [6, 6.07) is 8.01. The fourth-order valence-corrected chi connectivity index (χ4v) is 2.94. The maximum absolute atomic E-state index is 12.1. The van der Waals surface area contributed by atoms with Crippen LogP contribution in [0.15, 0.2) is 35.4 Å². The molecular weight excluding hydrogens is 451 g/mol. The predicted molar refractivity (Wildman–Crippen MR) is 107 cm³/mol. The van der Waals surface area contributed by atoms with Crippen LogP contribution in [-0.4, -0.2) is 38.1 Å². The van der Waals surface area contributed by atoms with Gasteiger partial charge in [0.15, 0.2) is 11.5 Å². The van der Waals surface area contributed by atoms with Crippen LogP contribution in [0.4, 0.5) is 0 Å². The molecule has 0 unspecified atom stereocenters. The maximum atomic E-state index is 12.1. The number of hydrazone groups is 1. The van der Waals surface area contributed by atoms with E-state index in [0.717, 1.165) is 9.13 Å². The van der Waals surface area contributed by atoms with Crippen LogP contribution in [-0.2, 0) is 0 Å². The average Bonchev–Trinajstić information content (AvgIpc) is 2.63. The summed E-state index contributed by atoms with van der Waals surface area (Å²) in [5.41, 5.74) is 3.21. The first-order valence-electron chi connectivity index (χ1n) is 7.70. The van der Waals surface area contributed by atoms with Crippen LogP contribution in [0.5, 0.6) is 23.0 Å². The summed E-state index contributed by atoms with van der Waals surface area (Å²) in [6.45, 7) is 2.43. The summed E-state index contributed by atoms with van der Waals surface area (Å²) in [5.74, 6) is 0.987. The molecule has 0 bridgehead atoms. The highest BCUT2D eigenvalue weighted by Crippen LogP contribution is 2.33. The molecule has 2 aromatic rings. The Labute approximate surface area is 165 Å². The molecule has 2 aromatic carbocycles. The fourth-order valence-electron chi connectivity index (χ4n) is 2.15. The Morgan fingerprint density at radius 1 is 1.27 bits per heavy atom. The lowest BCUT2D eigenvalue weighted by Gasteiger charge is -2.12. The van der Waals surface area contributed by atoms with Crippen molar-refractivity contribution in [2.75, 3.05) is 20.8 Å². The van der Waals surface area contributed by atoms with Crippen LogP contribution in [0.3, 0.4) is 0 Å². The van der Waals surface area contributed by atoms with E-state index < -0.39 is 5.91 Å². The molecule has 0 saturated carbocycles. The largest absolute Gasteiger partial charge is 0.507 e. The van der Waals surface area contributed by atoms with E-state index in [9.17, 15) is 9.90 Å². The lowest BCUT2D eigenvalue weighted by molar-refractivity contribution is 0.0952. The van der Waals surface area contributed by atoms with Crippen LogP contribution in [0.1, 0.15) is 22.8 Å². The van der Waals surface area contributed by atoms with Crippen molar-refractivity contribution < 1.29 is 24.1 Å². The highest BCUT2D eigenvalue weighted by Gasteiger charge is 2.12. The minimum Gasteiger partial charge on any atom is -0.507 e. The number of aromatic hydroxyl groups is 1. The monoisotopic (exact) mass is 470 g/mol. The van der Waals surface area contributed by atoms with Gasteiger partial charge in [0.1, 0.15) is 11.5 Å². The molecule has 0 fully saturated rings. The number of benzene rings is 2. The number of carbonyl (C=O) groups is 1. The highest BCUT2D eigenvalue weighted by molar-refractivity contribution is 14.1. The third-order valence-corrected chi connectivity index (χ3v) is 4.17. The summed E-state index contributed by atoms with van der Waals surface area (Å²) < 4.78 is 16.7. The summed E-state index contributed by atoms with van der Waals surface area (Å²) in [6.07, 6.45) is 1.48. The quantitative estimate of drug-likeness (QED) is 0.369. The molecule has 0 aliphatic heterocycles. The lowest BCUT2D eigenvalue weighted by atomic mass is 10.2. The molecule has 0 atom stereocenters. The van der Waals surface area contributed by atoms with Crippen molar-refractivity contribution in [1.29, 1.82) is 0 Å². The molecule has 8 heteroatoms. The van der Waals surface area contributed by atoms with Gasteiger partial charge < -0.3 is 19.3 Å². The summed E-state index contributed by atoms with van der Waals surface area (Å²) in [4.78, 5) is 12.1. The molecular formula is C18H19IN2O5. The first-order chi connectivity index (χ1) is 12.5. The number of amides is 1. The Balaban J connectivity index is 2.13. The molecule has 0 spiro atoms. The zero-order chi connectivity index (χ0) is 19.1. The topological polar surface area (TPSA) is 89.4 Å². The molecule has 0 radical (unpaired) electrons. The van der Waals surface area contributed by atoms with Crippen LogP contribution < -0.4 is 19.6 Å². The van der Waals surface area contributed by atoms with Crippen LogP contribution in [0, 0.1) is 3.57 Å². The number of rotatable bonds is 7. The summed E-state index contributed by atoms with van der Waals surface area (Å²) >= 11 is 2.14. The van der Waals surface area contributed by atoms with Crippen molar-refractivity contribution in [3.8, 4) is 23.0 Å². The number of nitrogens with one attached hydrogen (secondary N) is 1. The Morgan fingerprint density at radius 2 is 2.04 bits per heavy atom. The third kappa shape index (κ3) is 4.78. The van der Waals surface area contributed by atoms with Gasteiger partial charge in [-0.3, -0.25) is 4.79 Å². The predicted octanol–water partition coefficient (Wildman–Crippen LogP) is 3.18. The second-order valence-electron chi connectivity index (χ2n) is 5.05. The van der Waals surface area contributed by atoms with E-state index in [4.69, 9.17) is 14.2 Å². The Hall–Kier alpha value is -2.49. The third-order valence-electron chi connectivity index (χ3n) is 3.37. The van der Waals surface area contributed by atoms with Crippen LogP contribution in [0.2, 0.25) is 0 Å². The van der Waals surface area contributed by atoms with Gasteiger partial charge in [-0.05, 0) is 59.3 Å². The molecule has 0 aliphatic carbocycles. The van der Waals surface area contributed by atoms with E-state index in [1.165, 1.54) is 25.5 Å². The number of halogens is 1. The molecule has 2 N–H and O–H groups in total. The number of nitrogens with zero attached hydrogens (tertiary/aromatic N) is 1. The molecule has 7 nitrogen and oxygen atoms in total. The Morgan fingerprint density at radius 3 is 2.65 bits per heavy atom. The van der Waals surface area contributed by atoms with Crippen molar-refractivity contribution in [1.82, 2.24) is 5.43 Å². The van der Waals surface area contributed by atoms with E-state index in [0.29, 0.717) is 23.9 Å². The van der Waals surface area contributed by atoms with Crippen molar-refractivity contribution in [2.24, 2.45) is 5.10 Å². The molecule has 0 aromatic heterocycles. The van der Waals surface area contributed by atoms with Crippen molar-refractivity contribution in [2.45, 2.75) is 6.92 Å². The fraction of sp³-hybridized carbons (Fsp3) is 0.222. The van der Waals surface area contributed by atoms with Gasteiger partial charge in [-0.2, -0.15) is 5.10 Å². The van der Waals surface area contributed by atoms with E-state index in [1.54, 1.807) is 19.2 Å². The van der Waals surface area contributed by atoms with Crippen molar-refractivity contribution in [3.63, 3.8) is 0 Å². The Kier molecular flexibility index (Phi) is 7.07. The van der Waals surface area contributed by atoms with Gasteiger partial charge in [0.05, 0.1) is 36.2 Å². The van der Waals surface area contributed by atoms with Gasteiger partial charge in [0.25, 0.3) is 5.91 Å².